The van der Waals surface area contributed by atoms with E-state index >= 15 is 0 Å². The second-order valence-corrected chi connectivity index (χ2v) is 5.16. The maximum absolute atomic E-state index is 14.5. The molecule has 0 spiro atoms. The highest BCUT2D eigenvalue weighted by molar-refractivity contribution is 6.11. The molecule has 5 nitrogen and oxygen atoms in total. The molecule has 0 bridgehead atoms. The monoisotopic (exact) mass is 302 g/mol. The van der Waals surface area contributed by atoms with Crippen LogP contribution in [0.3, 0.4) is 0 Å². The van der Waals surface area contributed by atoms with Crippen LogP contribution in [0, 0.1) is 17.7 Å². The van der Waals surface area contributed by atoms with Crippen molar-refractivity contribution in [3.63, 3.8) is 0 Å². The first kappa shape index (κ1) is 14.4. The van der Waals surface area contributed by atoms with Crippen LogP contribution in [-0.4, -0.2) is 42.0 Å². The number of hydrazine groups is 1. The summed E-state index contributed by atoms with van der Waals surface area (Å²) >= 11 is 0. The number of halogens is 1. The van der Waals surface area contributed by atoms with Crippen LogP contribution in [0.2, 0.25) is 0 Å². The van der Waals surface area contributed by atoms with E-state index in [0.717, 1.165) is 6.42 Å². The number of nitrogens with zero attached hydrogens (tertiary/aromatic N) is 2. The number of ether oxygens (including phenoxy) is 1. The number of amides is 2. The maximum atomic E-state index is 14.5. The van der Waals surface area contributed by atoms with Crippen molar-refractivity contribution in [3.05, 3.63) is 29.1 Å². The van der Waals surface area contributed by atoms with Gasteiger partial charge in [-0.05, 0) is 25.5 Å². The van der Waals surface area contributed by atoms with Gasteiger partial charge < -0.3 is 4.74 Å². The van der Waals surface area contributed by atoms with Crippen LogP contribution in [0.5, 0.6) is 5.75 Å². The van der Waals surface area contributed by atoms with Gasteiger partial charge in [0.05, 0.1) is 12.7 Å². The van der Waals surface area contributed by atoms with Crippen molar-refractivity contribution < 1.29 is 18.7 Å². The third-order valence-electron chi connectivity index (χ3n) is 3.90. The zero-order chi connectivity index (χ0) is 15.9. The number of carbonyl (C=O) groups is 2. The van der Waals surface area contributed by atoms with Crippen LogP contribution < -0.4 is 4.74 Å². The number of rotatable bonds is 2. The fraction of sp³-hybridized carbons (Fsp3) is 0.375. The molecular weight excluding hydrogens is 287 g/mol. The van der Waals surface area contributed by atoms with Gasteiger partial charge in [0, 0.05) is 18.7 Å². The molecule has 0 aromatic heterocycles. The summed E-state index contributed by atoms with van der Waals surface area (Å²) in [5.41, 5.74) is 0.438. The minimum Gasteiger partial charge on any atom is -0.496 e. The molecule has 2 fully saturated rings. The average molecular weight is 302 g/mol. The molecular formula is C16H15FN2O3. The van der Waals surface area contributed by atoms with Gasteiger partial charge in [0.25, 0.3) is 11.8 Å². The Balaban J connectivity index is 2.09. The maximum Gasteiger partial charge on any atom is 0.258 e. The molecule has 2 aliphatic rings. The van der Waals surface area contributed by atoms with E-state index in [1.165, 1.54) is 23.2 Å². The van der Waals surface area contributed by atoms with Crippen molar-refractivity contribution in [1.82, 2.24) is 10.0 Å². The van der Waals surface area contributed by atoms with Gasteiger partial charge in [0.1, 0.15) is 11.6 Å². The van der Waals surface area contributed by atoms with Crippen LogP contribution in [0.15, 0.2) is 12.1 Å². The van der Waals surface area contributed by atoms with E-state index in [9.17, 15) is 14.0 Å². The Morgan fingerprint density at radius 3 is 2.41 bits per heavy atom. The van der Waals surface area contributed by atoms with Crippen molar-refractivity contribution in [1.29, 1.82) is 0 Å². The highest BCUT2D eigenvalue weighted by Gasteiger charge is 2.50. The fourth-order valence-corrected chi connectivity index (χ4v) is 2.98. The van der Waals surface area contributed by atoms with Crippen LogP contribution in [0.4, 0.5) is 4.39 Å². The van der Waals surface area contributed by atoms with Crippen molar-refractivity contribution in [2.24, 2.45) is 0 Å². The van der Waals surface area contributed by atoms with E-state index in [1.54, 1.807) is 13.0 Å². The lowest BCUT2D eigenvalue weighted by molar-refractivity contribution is -0.141. The molecule has 2 aliphatic heterocycles. The first-order chi connectivity index (χ1) is 10.6. The van der Waals surface area contributed by atoms with Gasteiger partial charge in [-0.2, -0.15) is 0 Å². The van der Waals surface area contributed by atoms with E-state index in [-0.39, 0.29) is 11.3 Å². The topological polar surface area (TPSA) is 49.9 Å². The summed E-state index contributed by atoms with van der Waals surface area (Å²) < 4.78 is 19.7. The van der Waals surface area contributed by atoms with Gasteiger partial charge >= 0.3 is 0 Å². The Morgan fingerprint density at radius 2 is 1.86 bits per heavy atom. The van der Waals surface area contributed by atoms with E-state index in [0.29, 0.717) is 18.7 Å². The van der Waals surface area contributed by atoms with E-state index < -0.39 is 23.5 Å². The summed E-state index contributed by atoms with van der Waals surface area (Å²) in [5, 5.41) is 2.79. The largest absolute Gasteiger partial charge is 0.496 e. The summed E-state index contributed by atoms with van der Waals surface area (Å²) in [5.74, 6) is 2.99. The zero-order valence-electron chi connectivity index (χ0n) is 12.4. The van der Waals surface area contributed by atoms with Crippen molar-refractivity contribution in [2.45, 2.75) is 19.3 Å². The predicted molar refractivity (Wildman–Crippen MR) is 76.3 cm³/mol. The summed E-state index contributed by atoms with van der Waals surface area (Å²) in [6, 6.07) is 2.78. The van der Waals surface area contributed by atoms with Gasteiger partial charge in [0.2, 0.25) is 0 Å². The van der Waals surface area contributed by atoms with E-state index in [2.05, 4.69) is 11.8 Å². The normalized spacial score (nSPS) is 17.6. The number of methoxy groups -OCH3 is 1. The Kier molecular flexibility index (Phi) is 3.49. The van der Waals surface area contributed by atoms with Gasteiger partial charge in [-0.25, -0.2) is 4.39 Å². The molecule has 0 aliphatic carbocycles. The van der Waals surface area contributed by atoms with Crippen LogP contribution in [-0.2, 0) is 9.59 Å². The predicted octanol–water partition coefficient (Wildman–Crippen LogP) is 1.28. The Hall–Kier alpha value is -2.55. The molecule has 3 rings (SSSR count). The average Bonchev–Trinajstić information content (AvgIpc) is 3.05. The van der Waals surface area contributed by atoms with Crippen molar-refractivity contribution in [3.8, 4) is 17.6 Å². The van der Waals surface area contributed by atoms with Crippen LogP contribution in [0.25, 0.3) is 0 Å². The SMILES string of the molecule is CC#Cc1cc(F)c(C2C(=O)N3CCCN3C2=O)c(OC)c1. The fourth-order valence-electron chi connectivity index (χ4n) is 2.98. The lowest BCUT2D eigenvalue weighted by Gasteiger charge is -2.16. The van der Waals surface area contributed by atoms with Crippen LogP contribution in [0.1, 0.15) is 30.4 Å². The molecule has 0 radical (unpaired) electrons. The third-order valence-corrected chi connectivity index (χ3v) is 3.90. The second kappa shape index (κ2) is 5.34. The Labute approximate surface area is 127 Å². The standard InChI is InChI=1S/C16H15FN2O3/c1-3-5-10-8-11(17)13(12(9-10)22-2)14-15(20)18-6-4-7-19(18)16(14)21/h8-9,14H,4,6-7H2,1-2H3. The summed E-state index contributed by atoms with van der Waals surface area (Å²) in [4.78, 5) is 24.9. The first-order valence-electron chi connectivity index (χ1n) is 7.01. The zero-order valence-corrected chi connectivity index (χ0v) is 12.4. The number of hydrogen-bond acceptors (Lipinski definition) is 3. The number of carbonyl (C=O) groups excluding carboxylic acids is 2. The molecule has 2 heterocycles. The lowest BCUT2D eigenvalue weighted by Crippen LogP contribution is -2.33. The third kappa shape index (κ3) is 2.01. The Bertz CT molecular complexity index is 698. The van der Waals surface area contributed by atoms with E-state index in [1.807, 2.05) is 0 Å². The molecule has 0 atom stereocenters. The van der Waals surface area contributed by atoms with E-state index in [4.69, 9.17) is 4.74 Å². The molecule has 6 heteroatoms. The first-order valence-corrected chi connectivity index (χ1v) is 7.01. The molecule has 2 amide bonds. The molecule has 22 heavy (non-hydrogen) atoms. The minimum atomic E-state index is -1.17. The molecule has 1 aromatic carbocycles. The number of hydrogen-bond donors (Lipinski definition) is 0. The second-order valence-electron chi connectivity index (χ2n) is 5.16. The lowest BCUT2D eigenvalue weighted by atomic mass is 9.95. The summed E-state index contributed by atoms with van der Waals surface area (Å²) in [7, 11) is 1.38. The number of fused-ring (bicyclic) bond motifs is 1. The minimum absolute atomic E-state index is 0.00597. The quantitative estimate of drug-likeness (QED) is 0.611. The molecule has 114 valence electrons. The van der Waals surface area contributed by atoms with Gasteiger partial charge in [-0.3, -0.25) is 19.6 Å². The van der Waals surface area contributed by atoms with Crippen molar-refractivity contribution in [2.75, 3.05) is 20.2 Å². The highest BCUT2D eigenvalue weighted by Crippen LogP contribution is 2.38. The molecule has 0 N–H and O–H groups in total. The molecule has 1 aromatic rings. The Morgan fingerprint density at radius 1 is 1.23 bits per heavy atom. The molecule has 2 saturated heterocycles. The van der Waals surface area contributed by atoms with Gasteiger partial charge in [0.15, 0.2) is 5.92 Å². The van der Waals surface area contributed by atoms with Gasteiger partial charge in [-0.1, -0.05) is 5.92 Å². The van der Waals surface area contributed by atoms with Gasteiger partial charge in [-0.15, -0.1) is 5.92 Å². The molecule has 0 saturated carbocycles. The smallest absolute Gasteiger partial charge is 0.258 e. The van der Waals surface area contributed by atoms with Crippen LogP contribution >= 0.6 is 0 Å². The summed E-state index contributed by atoms with van der Waals surface area (Å²) in [6.07, 6.45) is 0.745. The number of benzene rings is 1. The molecule has 0 unspecified atom stereocenters. The highest BCUT2D eigenvalue weighted by atomic mass is 19.1. The van der Waals surface area contributed by atoms with Crippen molar-refractivity contribution >= 4 is 11.8 Å². The summed E-state index contributed by atoms with van der Waals surface area (Å²) in [6.45, 7) is 2.62.